The standard InChI is InChI=1S/C16H24N4/c1-5-10-18-16(17-4)19-11-12-20(6-2)15-9-7-8-14(3)13-15/h1,7-9,13H,6,10-12H2,2-4H3,(H2,17,18,19). The van der Waals surface area contributed by atoms with Gasteiger partial charge in [0.05, 0.1) is 6.54 Å². The molecule has 0 aliphatic carbocycles. The van der Waals surface area contributed by atoms with Crippen molar-refractivity contribution >= 4 is 11.6 Å². The Morgan fingerprint density at radius 1 is 1.40 bits per heavy atom. The van der Waals surface area contributed by atoms with E-state index in [-0.39, 0.29) is 0 Å². The summed E-state index contributed by atoms with van der Waals surface area (Å²) < 4.78 is 0. The summed E-state index contributed by atoms with van der Waals surface area (Å²) in [5.74, 6) is 3.27. The molecule has 0 amide bonds. The zero-order chi connectivity index (χ0) is 14.8. The maximum atomic E-state index is 5.22. The third-order valence-electron chi connectivity index (χ3n) is 3.00. The number of nitrogens with zero attached hydrogens (tertiary/aromatic N) is 2. The highest BCUT2D eigenvalue weighted by Gasteiger charge is 2.04. The lowest BCUT2D eigenvalue weighted by atomic mass is 10.2. The lowest BCUT2D eigenvalue weighted by Crippen LogP contribution is -2.41. The molecule has 2 N–H and O–H groups in total. The number of nitrogens with one attached hydrogen (secondary N) is 2. The first-order valence-corrected chi connectivity index (χ1v) is 6.90. The van der Waals surface area contributed by atoms with Crippen LogP contribution in [0.15, 0.2) is 29.3 Å². The van der Waals surface area contributed by atoms with Crippen LogP contribution in [0.5, 0.6) is 0 Å². The van der Waals surface area contributed by atoms with Crippen molar-refractivity contribution in [2.24, 2.45) is 4.99 Å². The SMILES string of the molecule is C#CCNC(=NC)NCCN(CC)c1cccc(C)c1. The van der Waals surface area contributed by atoms with Crippen molar-refractivity contribution in [3.8, 4) is 12.3 Å². The Bertz CT molecular complexity index is 474. The van der Waals surface area contributed by atoms with Crippen LogP contribution in [0.4, 0.5) is 5.69 Å². The van der Waals surface area contributed by atoms with E-state index in [0.29, 0.717) is 6.54 Å². The number of guanidine groups is 1. The Kier molecular flexibility index (Phi) is 7.05. The molecule has 0 aromatic heterocycles. The van der Waals surface area contributed by atoms with Crippen LogP contribution in [0.2, 0.25) is 0 Å². The molecule has 4 nitrogen and oxygen atoms in total. The van der Waals surface area contributed by atoms with E-state index in [4.69, 9.17) is 6.42 Å². The van der Waals surface area contributed by atoms with Gasteiger partial charge in [-0.2, -0.15) is 0 Å². The van der Waals surface area contributed by atoms with Crippen LogP contribution < -0.4 is 15.5 Å². The molecular weight excluding hydrogens is 248 g/mol. The Hall–Kier alpha value is -2.15. The number of anilines is 1. The smallest absolute Gasteiger partial charge is 0.191 e. The molecule has 0 aliphatic heterocycles. The number of likely N-dealkylation sites (N-methyl/N-ethyl adjacent to an activating group) is 1. The predicted octanol–water partition coefficient (Wildman–Crippen LogP) is 1.62. The van der Waals surface area contributed by atoms with Gasteiger partial charge in [0, 0.05) is 32.4 Å². The monoisotopic (exact) mass is 272 g/mol. The van der Waals surface area contributed by atoms with Gasteiger partial charge in [0.25, 0.3) is 0 Å². The number of terminal acetylenes is 1. The molecule has 20 heavy (non-hydrogen) atoms. The fourth-order valence-corrected chi connectivity index (χ4v) is 1.96. The fourth-order valence-electron chi connectivity index (χ4n) is 1.96. The molecule has 0 spiro atoms. The summed E-state index contributed by atoms with van der Waals surface area (Å²) >= 11 is 0. The third kappa shape index (κ3) is 5.23. The van der Waals surface area contributed by atoms with Crippen molar-refractivity contribution in [1.29, 1.82) is 0 Å². The number of hydrogen-bond donors (Lipinski definition) is 2. The minimum Gasteiger partial charge on any atom is -0.370 e. The summed E-state index contributed by atoms with van der Waals surface area (Å²) in [6.45, 7) is 7.45. The molecule has 1 aromatic rings. The zero-order valence-corrected chi connectivity index (χ0v) is 12.6. The van der Waals surface area contributed by atoms with Crippen molar-refractivity contribution in [1.82, 2.24) is 10.6 Å². The van der Waals surface area contributed by atoms with E-state index in [0.717, 1.165) is 25.6 Å². The number of aliphatic imine (C=N–C) groups is 1. The molecule has 0 saturated carbocycles. The van der Waals surface area contributed by atoms with Crippen LogP contribution in [0.3, 0.4) is 0 Å². The quantitative estimate of drug-likeness (QED) is 0.470. The highest BCUT2D eigenvalue weighted by atomic mass is 15.2. The number of benzene rings is 1. The molecule has 0 fully saturated rings. The maximum Gasteiger partial charge on any atom is 0.191 e. The van der Waals surface area contributed by atoms with E-state index < -0.39 is 0 Å². The number of aryl methyl sites for hydroxylation is 1. The summed E-state index contributed by atoms with van der Waals surface area (Å²) in [7, 11) is 1.74. The zero-order valence-electron chi connectivity index (χ0n) is 12.6. The summed E-state index contributed by atoms with van der Waals surface area (Å²) in [5, 5.41) is 6.30. The van der Waals surface area contributed by atoms with Crippen LogP contribution in [-0.2, 0) is 0 Å². The van der Waals surface area contributed by atoms with E-state index in [1.807, 2.05) is 0 Å². The minimum absolute atomic E-state index is 0.481. The molecule has 4 heteroatoms. The van der Waals surface area contributed by atoms with Gasteiger partial charge in [0.15, 0.2) is 5.96 Å². The highest BCUT2D eigenvalue weighted by molar-refractivity contribution is 5.79. The Morgan fingerprint density at radius 3 is 2.80 bits per heavy atom. The van der Waals surface area contributed by atoms with E-state index in [1.54, 1.807) is 7.05 Å². The largest absolute Gasteiger partial charge is 0.370 e. The number of rotatable bonds is 6. The molecule has 0 atom stereocenters. The van der Waals surface area contributed by atoms with Crippen LogP contribution >= 0.6 is 0 Å². The van der Waals surface area contributed by atoms with E-state index >= 15 is 0 Å². The van der Waals surface area contributed by atoms with E-state index in [9.17, 15) is 0 Å². The summed E-state index contributed by atoms with van der Waals surface area (Å²) in [6, 6.07) is 8.55. The molecule has 0 radical (unpaired) electrons. The molecule has 0 saturated heterocycles. The Morgan fingerprint density at radius 2 is 2.20 bits per heavy atom. The molecule has 108 valence electrons. The summed E-state index contributed by atoms with van der Waals surface area (Å²) in [6.07, 6.45) is 5.22. The van der Waals surface area contributed by atoms with Crippen molar-refractivity contribution in [2.75, 3.05) is 38.1 Å². The van der Waals surface area contributed by atoms with Crippen LogP contribution in [0, 0.1) is 19.3 Å². The fraction of sp³-hybridized carbons (Fsp3) is 0.438. The molecular formula is C16H24N4. The minimum atomic E-state index is 0.481. The molecule has 0 unspecified atom stereocenters. The predicted molar refractivity (Wildman–Crippen MR) is 87.3 cm³/mol. The molecule has 0 bridgehead atoms. The second-order valence-electron chi connectivity index (χ2n) is 4.48. The van der Waals surface area contributed by atoms with Crippen LogP contribution in [-0.4, -0.2) is 39.2 Å². The first kappa shape index (κ1) is 15.9. The van der Waals surface area contributed by atoms with Gasteiger partial charge in [0.1, 0.15) is 0 Å². The van der Waals surface area contributed by atoms with Crippen LogP contribution in [0.1, 0.15) is 12.5 Å². The van der Waals surface area contributed by atoms with Gasteiger partial charge in [-0.1, -0.05) is 18.1 Å². The van der Waals surface area contributed by atoms with Crippen molar-refractivity contribution in [3.05, 3.63) is 29.8 Å². The van der Waals surface area contributed by atoms with E-state index in [2.05, 4.69) is 64.6 Å². The normalized spacial score (nSPS) is 10.8. The average Bonchev–Trinajstić information content (AvgIpc) is 2.46. The van der Waals surface area contributed by atoms with Crippen molar-refractivity contribution in [3.63, 3.8) is 0 Å². The van der Waals surface area contributed by atoms with Gasteiger partial charge in [-0.25, -0.2) is 0 Å². The lowest BCUT2D eigenvalue weighted by Gasteiger charge is -2.24. The molecule has 0 heterocycles. The molecule has 1 aromatic carbocycles. The van der Waals surface area contributed by atoms with Gasteiger partial charge < -0.3 is 15.5 Å². The van der Waals surface area contributed by atoms with Crippen molar-refractivity contribution in [2.45, 2.75) is 13.8 Å². The Labute approximate surface area is 122 Å². The first-order valence-electron chi connectivity index (χ1n) is 6.90. The molecule has 0 aliphatic rings. The van der Waals surface area contributed by atoms with Crippen molar-refractivity contribution < 1.29 is 0 Å². The highest BCUT2D eigenvalue weighted by Crippen LogP contribution is 2.14. The van der Waals surface area contributed by atoms with Gasteiger partial charge in [-0.05, 0) is 31.5 Å². The van der Waals surface area contributed by atoms with E-state index in [1.165, 1.54) is 11.3 Å². The summed E-state index contributed by atoms with van der Waals surface area (Å²) in [4.78, 5) is 6.44. The lowest BCUT2D eigenvalue weighted by molar-refractivity contribution is 0.760. The second kappa shape index (κ2) is 8.87. The second-order valence-corrected chi connectivity index (χ2v) is 4.48. The Balaban J connectivity index is 2.48. The first-order chi connectivity index (χ1) is 9.71. The van der Waals surface area contributed by atoms with Crippen LogP contribution in [0.25, 0.3) is 0 Å². The maximum absolute atomic E-state index is 5.22. The van der Waals surface area contributed by atoms with Gasteiger partial charge in [-0.3, -0.25) is 4.99 Å². The van der Waals surface area contributed by atoms with Gasteiger partial charge in [-0.15, -0.1) is 6.42 Å². The third-order valence-corrected chi connectivity index (χ3v) is 3.00. The topological polar surface area (TPSA) is 39.7 Å². The van der Waals surface area contributed by atoms with Gasteiger partial charge >= 0.3 is 0 Å². The summed E-state index contributed by atoms with van der Waals surface area (Å²) in [5.41, 5.74) is 2.53. The average molecular weight is 272 g/mol. The molecule has 1 rings (SSSR count). The van der Waals surface area contributed by atoms with Gasteiger partial charge in [0.2, 0.25) is 0 Å². The number of hydrogen-bond acceptors (Lipinski definition) is 2.